The molecule has 0 radical (unpaired) electrons. The van der Waals surface area contributed by atoms with Crippen molar-refractivity contribution in [2.75, 3.05) is 37.6 Å². The molecular formula is C23H30N2O6S. The van der Waals surface area contributed by atoms with E-state index in [1.807, 2.05) is 6.92 Å². The number of rotatable bonds is 9. The zero-order valence-corrected chi connectivity index (χ0v) is 19.6. The molecule has 1 heterocycles. The molecule has 9 heteroatoms. The highest BCUT2D eigenvalue weighted by Gasteiger charge is 2.35. The van der Waals surface area contributed by atoms with E-state index in [0.29, 0.717) is 35.9 Å². The van der Waals surface area contributed by atoms with Crippen LogP contribution in [0, 0.1) is 0 Å². The zero-order valence-electron chi connectivity index (χ0n) is 18.8. The van der Waals surface area contributed by atoms with Crippen LogP contribution in [0.3, 0.4) is 0 Å². The average molecular weight is 463 g/mol. The predicted molar refractivity (Wildman–Crippen MR) is 124 cm³/mol. The van der Waals surface area contributed by atoms with Gasteiger partial charge in [0.1, 0.15) is 17.5 Å². The summed E-state index contributed by atoms with van der Waals surface area (Å²) in [4.78, 5) is 14.7. The number of hydrogen-bond donors (Lipinski definition) is 1. The van der Waals surface area contributed by atoms with Crippen LogP contribution in [0.5, 0.6) is 23.0 Å². The number of hydrogen-bond acceptors (Lipinski definition) is 7. The van der Waals surface area contributed by atoms with Gasteiger partial charge in [-0.15, -0.1) is 0 Å². The Kier molecular flexibility index (Phi) is 7.50. The summed E-state index contributed by atoms with van der Waals surface area (Å²) in [7, 11) is 0.0899. The molecular weight excluding hydrogens is 432 g/mol. The van der Waals surface area contributed by atoms with Gasteiger partial charge in [-0.2, -0.15) is 0 Å². The summed E-state index contributed by atoms with van der Waals surface area (Å²) in [6.07, 6.45) is 0.483. The summed E-state index contributed by atoms with van der Waals surface area (Å²) >= 11 is 0. The fourth-order valence-electron chi connectivity index (χ4n) is 3.79. The van der Waals surface area contributed by atoms with Crippen LogP contribution in [0.2, 0.25) is 0 Å². The molecule has 1 N–H and O–H groups in total. The fraction of sp³-hybridized carbons (Fsp3) is 0.435. The number of methoxy groups -OCH3 is 2. The van der Waals surface area contributed by atoms with Gasteiger partial charge in [0.15, 0.2) is 21.3 Å². The number of amides is 1. The Bertz CT molecular complexity index is 1040. The first-order valence-electron chi connectivity index (χ1n) is 10.5. The summed E-state index contributed by atoms with van der Waals surface area (Å²) in [6.45, 7) is 4.09. The SMILES string of the molecule is CCN(C(=O)C(C)Nc1ccc(OC)c(Oc2ccc(OC)cc2)c1)C1CCS(=O)(=O)C1. The smallest absolute Gasteiger partial charge is 0.245 e. The summed E-state index contributed by atoms with van der Waals surface area (Å²) < 4.78 is 40.2. The molecule has 1 saturated heterocycles. The van der Waals surface area contributed by atoms with Crippen molar-refractivity contribution in [3.63, 3.8) is 0 Å². The fourth-order valence-corrected chi connectivity index (χ4v) is 5.52. The Balaban J connectivity index is 1.73. The van der Waals surface area contributed by atoms with Gasteiger partial charge in [-0.1, -0.05) is 0 Å². The molecule has 0 spiro atoms. The van der Waals surface area contributed by atoms with E-state index in [9.17, 15) is 13.2 Å². The Morgan fingerprint density at radius 3 is 2.34 bits per heavy atom. The van der Waals surface area contributed by atoms with Gasteiger partial charge in [-0.05, 0) is 56.7 Å². The van der Waals surface area contributed by atoms with E-state index in [1.54, 1.807) is 68.5 Å². The molecule has 2 aromatic rings. The zero-order chi connectivity index (χ0) is 23.3. The third kappa shape index (κ3) is 5.64. The number of nitrogens with one attached hydrogen (secondary N) is 1. The lowest BCUT2D eigenvalue weighted by atomic mass is 10.1. The van der Waals surface area contributed by atoms with Crippen molar-refractivity contribution in [1.29, 1.82) is 0 Å². The summed E-state index contributed by atoms with van der Waals surface area (Å²) in [5.41, 5.74) is 0.685. The van der Waals surface area contributed by atoms with Crippen molar-refractivity contribution >= 4 is 21.4 Å². The van der Waals surface area contributed by atoms with Gasteiger partial charge in [0.05, 0.1) is 25.7 Å². The van der Waals surface area contributed by atoms with Crippen LogP contribution in [0.25, 0.3) is 0 Å². The number of benzene rings is 2. The lowest BCUT2D eigenvalue weighted by Crippen LogP contribution is -2.47. The van der Waals surface area contributed by atoms with Crippen molar-refractivity contribution < 1.29 is 27.4 Å². The van der Waals surface area contributed by atoms with Gasteiger partial charge in [-0.25, -0.2) is 8.42 Å². The summed E-state index contributed by atoms with van der Waals surface area (Å²) in [5, 5.41) is 3.20. The molecule has 2 atom stereocenters. The second-order valence-corrected chi connectivity index (χ2v) is 9.92. The third-order valence-corrected chi connectivity index (χ3v) is 7.23. The lowest BCUT2D eigenvalue weighted by molar-refractivity contribution is -0.133. The minimum absolute atomic E-state index is 0.0294. The number of anilines is 1. The second kappa shape index (κ2) is 10.1. The van der Waals surface area contributed by atoms with Crippen molar-refractivity contribution in [2.24, 2.45) is 0 Å². The molecule has 174 valence electrons. The lowest BCUT2D eigenvalue weighted by Gasteiger charge is -2.30. The predicted octanol–water partition coefficient (Wildman–Crippen LogP) is 3.33. The molecule has 8 nitrogen and oxygen atoms in total. The molecule has 1 fully saturated rings. The molecule has 2 aromatic carbocycles. The minimum atomic E-state index is -3.07. The average Bonchev–Trinajstić information content (AvgIpc) is 3.14. The molecule has 1 aliphatic heterocycles. The van der Waals surface area contributed by atoms with Gasteiger partial charge >= 0.3 is 0 Å². The number of sulfone groups is 1. The molecule has 32 heavy (non-hydrogen) atoms. The second-order valence-electron chi connectivity index (χ2n) is 7.69. The van der Waals surface area contributed by atoms with Crippen LogP contribution in [0.15, 0.2) is 42.5 Å². The Morgan fingerprint density at radius 2 is 1.78 bits per heavy atom. The summed E-state index contributed by atoms with van der Waals surface area (Å²) in [6, 6.07) is 11.7. The van der Waals surface area contributed by atoms with Crippen molar-refractivity contribution in [3.05, 3.63) is 42.5 Å². The highest BCUT2D eigenvalue weighted by Crippen LogP contribution is 2.35. The Morgan fingerprint density at radius 1 is 1.09 bits per heavy atom. The monoisotopic (exact) mass is 462 g/mol. The van der Waals surface area contributed by atoms with Crippen LogP contribution in [-0.4, -0.2) is 63.6 Å². The van der Waals surface area contributed by atoms with Crippen LogP contribution in [0.4, 0.5) is 5.69 Å². The molecule has 2 unspecified atom stereocenters. The van der Waals surface area contributed by atoms with Gasteiger partial charge in [-0.3, -0.25) is 4.79 Å². The van der Waals surface area contributed by atoms with E-state index < -0.39 is 15.9 Å². The van der Waals surface area contributed by atoms with Crippen LogP contribution < -0.4 is 19.5 Å². The number of carbonyl (C=O) groups excluding carboxylic acids is 1. The van der Waals surface area contributed by atoms with E-state index in [-0.39, 0.29) is 23.5 Å². The molecule has 1 aliphatic rings. The highest BCUT2D eigenvalue weighted by molar-refractivity contribution is 7.91. The first kappa shape index (κ1) is 23.7. The standard InChI is InChI=1S/C23H30N2O6S/c1-5-25(18-12-13-32(27,28)15-18)23(26)16(2)24-17-6-11-21(30-4)22(14-17)31-20-9-7-19(29-3)8-10-20/h6-11,14,16,18,24H,5,12-13,15H2,1-4H3. The first-order valence-corrected chi connectivity index (χ1v) is 12.4. The molecule has 3 rings (SSSR count). The molecule has 0 aromatic heterocycles. The minimum Gasteiger partial charge on any atom is -0.497 e. The molecule has 0 bridgehead atoms. The topological polar surface area (TPSA) is 94.2 Å². The maximum atomic E-state index is 13.0. The maximum absolute atomic E-state index is 13.0. The van der Waals surface area contributed by atoms with Crippen LogP contribution >= 0.6 is 0 Å². The quantitative estimate of drug-likeness (QED) is 0.611. The largest absolute Gasteiger partial charge is 0.497 e. The van der Waals surface area contributed by atoms with Crippen LogP contribution in [-0.2, 0) is 14.6 Å². The maximum Gasteiger partial charge on any atom is 0.245 e. The van der Waals surface area contributed by atoms with Crippen molar-refractivity contribution in [3.8, 4) is 23.0 Å². The van der Waals surface area contributed by atoms with Crippen molar-refractivity contribution in [2.45, 2.75) is 32.4 Å². The molecule has 0 aliphatic carbocycles. The number of carbonyl (C=O) groups is 1. The Hall–Kier alpha value is -2.94. The highest BCUT2D eigenvalue weighted by atomic mass is 32.2. The number of ether oxygens (including phenoxy) is 3. The summed E-state index contributed by atoms with van der Waals surface area (Å²) in [5.74, 6) is 2.42. The van der Waals surface area contributed by atoms with Gasteiger partial charge in [0, 0.05) is 24.3 Å². The first-order chi connectivity index (χ1) is 15.3. The van der Waals surface area contributed by atoms with E-state index in [2.05, 4.69) is 5.32 Å². The Labute approximate surface area is 189 Å². The molecule has 0 saturated carbocycles. The number of nitrogens with zero attached hydrogens (tertiary/aromatic N) is 1. The number of likely N-dealkylation sites (N-methyl/N-ethyl adjacent to an activating group) is 1. The van der Waals surface area contributed by atoms with Gasteiger partial charge < -0.3 is 24.4 Å². The van der Waals surface area contributed by atoms with E-state index >= 15 is 0 Å². The third-order valence-electron chi connectivity index (χ3n) is 5.48. The van der Waals surface area contributed by atoms with Crippen molar-refractivity contribution in [1.82, 2.24) is 4.90 Å². The van der Waals surface area contributed by atoms with E-state index in [0.717, 1.165) is 5.75 Å². The van der Waals surface area contributed by atoms with Crippen LogP contribution in [0.1, 0.15) is 20.3 Å². The van der Waals surface area contributed by atoms with E-state index in [1.165, 1.54) is 0 Å². The normalized spacial score (nSPS) is 17.9. The van der Waals surface area contributed by atoms with Gasteiger partial charge in [0.2, 0.25) is 5.91 Å². The van der Waals surface area contributed by atoms with E-state index in [4.69, 9.17) is 14.2 Å². The molecule has 1 amide bonds. The van der Waals surface area contributed by atoms with Gasteiger partial charge in [0.25, 0.3) is 0 Å².